The summed E-state index contributed by atoms with van der Waals surface area (Å²) in [6.45, 7) is 2.03. The SMILES string of the molecule is O[C]c1ccccc1. The third kappa shape index (κ3) is 1.07. The van der Waals surface area contributed by atoms with Gasteiger partial charge in [0, 0.05) is 0 Å². The van der Waals surface area contributed by atoms with Crippen molar-refractivity contribution in [3.63, 3.8) is 0 Å². The fraction of sp³-hybridized carbons (Fsp3) is 0. The lowest BCUT2D eigenvalue weighted by Crippen LogP contribution is -1.74. The third-order valence-electron chi connectivity index (χ3n) is 0.903. The highest BCUT2D eigenvalue weighted by atomic mass is 16.3. The first kappa shape index (κ1) is 5.32. The van der Waals surface area contributed by atoms with Crippen molar-refractivity contribution < 1.29 is 5.11 Å². The molecule has 0 fully saturated rings. The van der Waals surface area contributed by atoms with Gasteiger partial charge in [0.25, 0.3) is 0 Å². The molecule has 1 aromatic rings. The van der Waals surface area contributed by atoms with Gasteiger partial charge in [-0.2, -0.15) is 0 Å². The Morgan fingerprint density at radius 1 is 1.12 bits per heavy atom. The van der Waals surface area contributed by atoms with Crippen LogP contribution in [0.25, 0.3) is 0 Å². The molecule has 1 heteroatoms. The highest BCUT2D eigenvalue weighted by Crippen LogP contribution is 1.97. The molecule has 0 bridgehead atoms. The summed E-state index contributed by atoms with van der Waals surface area (Å²) in [7, 11) is 0. The Morgan fingerprint density at radius 3 is 2.12 bits per heavy atom. The lowest BCUT2D eigenvalue weighted by Gasteiger charge is -1.87. The molecule has 2 radical (unpaired) electrons. The van der Waals surface area contributed by atoms with Crippen LogP contribution in [0.15, 0.2) is 30.3 Å². The van der Waals surface area contributed by atoms with Crippen molar-refractivity contribution in [2.45, 2.75) is 0 Å². The van der Waals surface area contributed by atoms with E-state index in [1.165, 1.54) is 0 Å². The zero-order valence-corrected chi connectivity index (χ0v) is 4.33. The van der Waals surface area contributed by atoms with Gasteiger partial charge in [-0.15, -0.1) is 0 Å². The standard InChI is InChI=1S/C7H6O/c8-6-7-4-2-1-3-5-7/h1-5,8H. The summed E-state index contributed by atoms with van der Waals surface area (Å²) in [5, 5.41) is 8.29. The molecule has 8 heavy (non-hydrogen) atoms. The summed E-state index contributed by atoms with van der Waals surface area (Å²) in [6, 6.07) is 9.14. The lowest BCUT2D eigenvalue weighted by atomic mass is 10.2. The first-order valence-corrected chi connectivity index (χ1v) is 2.38. The molecule has 1 nitrogen and oxygen atoms in total. The van der Waals surface area contributed by atoms with Crippen molar-refractivity contribution in [2.75, 3.05) is 0 Å². The van der Waals surface area contributed by atoms with Crippen LogP contribution < -0.4 is 0 Å². The Bertz CT molecular complexity index is 146. The average molecular weight is 106 g/mol. The minimum Gasteiger partial charge on any atom is -0.378 e. The van der Waals surface area contributed by atoms with Crippen molar-refractivity contribution in [3.8, 4) is 0 Å². The zero-order valence-electron chi connectivity index (χ0n) is 4.33. The van der Waals surface area contributed by atoms with Crippen LogP contribution in [0.5, 0.6) is 0 Å². The predicted molar refractivity (Wildman–Crippen MR) is 30.7 cm³/mol. The number of aliphatic hydroxyl groups is 1. The molecule has 0 aliphatic rings. The molecule has 1 N–H and O–H groups in total. The summed E-state index contributed by atoms with van der Waals surface area (Å²) in [5.74, 6) is 0. The quantitative estimate of drug-likeness (QED) is 0.574. The van der Waals surface area contributed by atoms with Crippen molar-refractivity contribution >= 4 is 0 Å². The van der Waals surface area contributed by atoms with Gasteiger partial charge in [0.2, 0.25) is 0 Å². The summed E-state index contributed by atoms with van der Waals surface area (Å²) in [6.07, 6.45) is 0. The molecule has 1 aromatic carbocycles. The van der Waals surface area contributed by atoms with E-state index in [-0.39, 0.29) is 0 Å². The molecular weight excluding hydrogens is 100 g/mol. The van der Waals surface area contributed by atoms with Crippen LogP contribution in [-0.2, 0) is 0 Å². The van der Waals surface area contributed by atoms with Gasteiger partial charge in [0.15, 0.2) is 6.61 Å². The Kier molecular flexibility index (Phi) is 1.65. The number of aliphatic hydroxyl groups excluding tert-OH is 1. The summed E-state index contributed by atoms with van der Waals surface area (Å²) in [5.41, 5.74) is 0.715. The van der Waals surface area contributed by atoms with Crippen molar-refractivity contribution in [3.05, 3.63) is 42.5 Å². The molecule has 40 valence electrons. The van der Waals surface area contributed by atoms with Crippen LogP contribution in [0, 0.1) is 6.61 Å². The van der Waals surface area contributed by atoms with Crippen LogP contribution in [0.1, 0.15) is 5.56 Å². The maximum Gasteiger partial charge on any atom is 0.162 e. The van der Waals surface area contributed by atoms with Gasteiger partial charge in [0.1, 0.15) is 0 Å². The number of benzene rings is 1. The maximum absolute atomic E-state index is 8.29. The molecule has 0 aromatic heterocycles. The summed E-state index contributed by atoms with van der Waals surface area (Å²) >= 11 is 0. The van der Waals surface area contributed by atoms with E-state index in [9.17, 15) is 0 Å². The first-order chi connectivity index (χ1) is 3.93. The average Bonchev–Trinajstić information content (AvgIpc) is 1.90. The summed E-state index contributed by atoms with van der Waals surface area (Å²) in [4.78, 5) is 0. The number of hydrogen-bond donors (Lipinski definition) is 1. The Labute approximate surface area is 48.6 Å². The maximum atomic E-state index is 8.29. The fourth-order valence-electron chi connectivity index (χ4n) is 0.513. The molecule has 0 unspecified atom stereocenters. The molecular formula is C7H6O. The zero-order chi connectivity index (χ0) is 5.82. The van der Waals surface area contributed by atoms with Crippen LogP contribution in [0.2, 0.25) is 0 Å². The number of hydrogen-bond acceptors (Lipinski definition) is 1. The van der Waals surface area contributed by atoms with Gasteiger partial charge < -0.3 is 5.11 Å². The fourth-order valence-corrected chi connectivity index (χ4v) is 0.513. The Morgan fingerprint density at radius 2 is 1.75 bits per heavy atom. The number of rotatable bonds is 1. The highest BCUT2D eigenvalue weighted by molar-refractivity contribution is 5.18. The normalized spacial score (nSPS) is 9.12. The topological polar surface area (TPSA) is 20.2 Å². The Hall–Kier alpha value is -0.820. The second-order valence-corrected chi connectivity index (χ2v) is 1.48. The van der Waals surface area contributed by atoms with E-state index in [0.29, 0.717) is 5.56 Å². The van der Waals surface area contributed by atoms with Crippen molar-refractivity contribution in [2.24, 2.45) is 0 Å². The van der Waals surface area contributed by atoms with Crippen LogP contribution in [0.4, 0.5) is 0 Å². The highest BCUT2D eigenvalue weighted by Gasteiger charge is 1.83. The van der Waals surface area contributed by atoms with Crippen LogP contribution in [0.3, 0.4) is 0 Å². The van der Waals surface area contributed by atoms with E-state index < -0.39 is 0 Å². The third-order valence-corrected chi connectivity index (χ3v) is 0.903. The second-order valence-electron chi connectivity index (χ2n) is 1.48. The van der Waals surface area contributed by atoms with Crippen LogP contribution >= 0.6 is 0 Å². The smallest absolute Gasteiger partial charge is 0.162 e. The van der Waals surface area contributed by atoms with Gasteiger partial charge >= 0.3 is 0 Å². The van der Waals surface area contributed by atoms with Crippen LogP contribution in [-0.4, -0.2) is 5.11 Å². The van der Waals surface area contributed by atoms with Crippen molar-refractivity contribution in [1.82, 2.24) is 0 Å². The lowest BCUT2D eigenvalue weighted by molar-refractivity contribution is 0.415. The summed E-state index contributed by atoms with van der Waals surface area (Å²) < 4.78 is 0. The van der Waals surface area contributed by atoms with E-state index in [2.05, 4.69) is 0 Å². The molecule has 0 spiro atoms. The van der Waals surface area contributed by atoms with Gasteiger partial charge in [-0.1, -0.05) is 30.3 Å². The molecule has 0 atom stereocenters. The Balaban J connectivity index is 2.83. The minimum absolute atomic E-state index is 0.715. The molecule has 0 aliphatic carbocycles. The van der Waals surface area contributed by atoms with E-state index >= 15 is 0 Å². The van der Waals surface area contributed by atoms with E-state index in [1.54, 1.807) is 12.1 Å². The molecule has 0 saturated heterocycles. The van der Waals surface area contributed by atoms with E-state index in [1.807, 2.05) is 24.8 Å². The molecule has 0 amide bonds. The first-order valence-electron chi connectivity index (χ1n) is 2.38. The molecule has 0 aliphatic heterocycles. The van der Waals surface area contributed by atoms with Gasteiger partial charge in [-0.25, -0.2) is 0 Å². The monoisotopic (exact) mass is 106 g/mol. The second kappa shape index (κ2) is 2.48. The molecule has 0 saturated carbocycles. The van der Waals surface area contributed by atoms with Crippen molar-refractivity contribution in [1.29, 1.82) is 0 Å². The largest absolute Gasteiger partial charge is 0.378 e. The molecule has 1 rings (SSSR count). The van der Waals surface area contributed by atoms with E-state index in [4.69, 9.17) is 5.11 Å². The van der Waals surface area contributed by atoms with E-state index in [0.717, 1.165) is 0 Å². The van der Waals surface area contributed by atoms with Gasteiger partial charge in [0.05, 0.1) is 0 Å². The predicted octanol–water partition coefficient (Wildman–Crippen LogP) is 1.45. The molecule has 0 heterocycles. The minimum atomic E-state index is 0.715. The van der Waals surface area contributed by atoms with Gasteiger partial charge in [-0.3, -0.25) is 0 Å². The van der Waals surface area contributed by atoms with Gasteiger partial charge in [-0.05, 0) is 5.56 Å².